The summed E-state index contributed by atoms with van der Waals surface area (Å²) in [7, 11) is 1.63. The molecular formula is C18H17BrN4O2S. The second-order valence-electron chi connectivity index (χ2n) is 5.23. The van der Waals surface area contributed by atoms with Gasteiger partial charge in [0, 0.05) is 0 Å². The average molecular weight is 433 g/mol. The minimum Gasteiger partial charge on any atom is -0.496 e. The number of rotatable bonds is 6. The van der Waals surface area contributed by atoms with Crippen LogP contribution in [0.4, 0.5) is 0 Å². The van der Waals surface area contributed by atoms with Gasteiger partial charge >= 0.3 is 0 Å². The minimum atomic E-state index is 0.398. The number of aromatic nitrogens is 3. The first-order valence-corrected chi connectivity index (χ1v) is 9.11. The van der Waals surface area contributed by atoms with Gasteiger partial charge in [-0.1, -0.05) is 12.1 Å². The van der Waals surface area contributed by atoms with Gasteiger partial charge in [-0.15, -0.1) is 0 Å². The van der Waals surface area contributed by atoms with E-state index in [0.29, 0.717) is 17.2 Å². The van der Waals surface area contributed by atoms with Crippen LogP contribution >= 0.6 is 28.1 Å². The molecule has 0 bridgehead atoms. The molecule has 0 aliphatic carbocycles. The fourth-order valence-corrected chi connectivity index (χ4v) is 3.13. The fraction of sp³-hybridized carbons (Fsp3) is 0.167. The van der Waals surface area contributed by atoms with Gasteiger partial charge in [0.25, 0.3) is 0 Å². The number of ether oxygens (including phenoxy) is 2. The molecule has 0 aliphatic heterocycles. The van der Waals surface area contributed by atoms with Gasteiger partial charge < -0.3 is 9.47 Å². The molecule has 0 saturated carbocycles. The Labute approximate surface area is 164 Å². The van der Waals surface area contributed by atoms with Crippen molar-refractivity contribution in [3.05, 3.63) is 57.3 Å². The van der Waals surface area contributed by atoms with Gasteiger partial charge in [0.2, 0.25) is 4.77 Å². The Morgan fingerprint density at radius 2 is 2.08 bits per heavy atom. The molecule has 0 fully saturated rings. The number of halogens is 1. The van der Waals surface area contributed by atoms with Crippen LogP contribution < -0.4 is 9.47 Å². The third-order valence-electron chi connectivity index (χ3n) is 3.58. The summed E-state index contributed by atoms with van der Waals surface area (Å²) in [5, 5.41) is 11.6. The van der Waals surface area contributed by atoms with E-state index in [0.717, 1.165) is 27.1 Å². The molecule has 134 valence electrons. The predicted octanol–water partition coefficient (Wildman–Crippen LogP) is 4.66. The van der Waals surface area contributed by atoms with E-state index in [1.54, 1.807) is 18.0 Å². The molecule has 3 aromatic rings. The van der Waals surface area contributed by atoms with Crippen LogP contribution in [0.25, 0.3) is 11.4 Å². The predicted molar refractivity (Wildman–Crippen MR) is 108 cm³/mol. The molecule has 0 saturated heterocycles. The number of nitrogens with one attached hydrogen (secondary N) is 1. The van der Waals surface area contributed by atoms with Crippen molar-refractivity contribution >= 4 is 34.4 Å². The Morgan fingerprint density at radius 3 is 2.81 bits per heavy atom. The molecular weight excluding hydrogens is 416 g/mol. The van der Waals surface area contributed by atoms with Crippen LogP contribution in [-0.4, -0.2) is 34.8 Å². The minimum absolute atomic E-state index is 0.398. The van der Waals surface area contributed by atoms with E-state index in [1.807, 2.05) is 49.4 Å². The lowest BCUT2D eigenvalue weighted by Gasteiger charge is -2.08. The summed E-state index contributed by atoms with van der Waals surface area (Å²) in [6, 6.07) is 13.3. The molecule has 0 spiro atoms. The van der Waals surface area contributed by atoms with E-state index in [-0.39, 0.29) is 0 Å². The summed E-state index contributed by atoms with van der Waals surface area (Å²) in [5.41, 5.74) is 1.71. The third-order valence-corrected chi connectivity index (χ3v) is 4.46. The van der Waals surface area contributed by atoms with E-state index in [1.165, 1.54) is 0 Å². The summed E-state index contributed by atoms with van der Waals surface area (Å²) in [6.07, 6.45) is 1.71. The Balaban J connectivity index is 1.99. The van der Waals surface area contributed by atoms with Crippen LogP contribution in [0.15, 0.2) is 52.0 Å². The Morgan fingerprint density at radius 1 is 1.27 bits per heavy atom. The van der Waals surface area contributed by atoms with Crippen LogP contribution in [0.2, 0.25) is 0 Å². The van der Waals surface area contributed by atoms with E-state index in [2.05, 4.69) is 31.2 Å². The Bertz CT molecular complexity index is 997. The molecule has 0 amide bonds. The van der Waals surface area contributed by atoms with Crippen molar-refractivity contribution < 1.29 is 9.47 Å². The number of aromatic amines is 1. The highest BCUT2D eigenvalue weighted by Crippen LogP contribution is 2.29. The maximum Gasteiger partial charge on any atom is 0.216 e. The molecule has 8 heteroatoms. The molecule has 6 nitrogen and oxygen atoms in total. The Kier molecular flexibility index (Phi) is 5.85. The number of benzene rings is 2. The molecule has 1 aromatic heterocycles. The molecule has 26 heavy (non-hydrogen) atoms. The second-order valence-corrected chi connectivity index (χ2v) is 6.47. The fourth-order valence-electron chi connectivity index (χ4n) is 2.39. The molecule has 1 heterocycles. The zero-order valence-corrected chi connectivity index (χ0v) is 16.7. The molecule has 1 N–H and O–H groups in total. The van der Waals surface area contributed by atoms with E-state index < -0.39 is 0 Å². The zero-order chi connectivity index (χ0) is 18.5. The van der Waals surface area contributed by atoms with E-state index in [9.17, 15) is 0 Å². The van der Waals surface area contributed by atoms with Gasteiger partial charge in [-0.3, -0.25) is 0 Å². The van der Waals surface area contributed by atoms with Crippen LogP contribution in [0, 0.1) is 4.77 Å². The highest BCUT2D eigenvalue weighted by atomic mass is 79.9. The normalized spacial score (nSPS) is 11.0. The highest BCUT2D eigenvalue weighted by Gasteiger charge is 2.13. The van der Waals surface area contributed by atoms with Crippen molar-refractivity contribution in [2.24, 2.45) is 5.10 Å². The maximum absolute atomic E-state index is 5.69. The number of H-pyrrole nitrogens is 1. The maximum atomic E-state index is 5.69. The topological polar surface area (TPSA) is 64.4 Å². The first kappa shape index (κ1) is 18.3. The van der Waals surface area contributed by atoms with Crippen molar-refractivity contribution in [3.63, 3.8) is 0 Å². The smallest absolute Gasteiger partial charge is 0.216 e. The molecule has 3 rings (SSSR count). The highest BCUT2D eigenvalue weighted by molar-refractivity contribution is 9.10. The van der Waals surface area contributed by atoms with Gasteiger partial charge in [0.1, 0.15) is 11.5 Å². The molecule has 2 aromatic carbocycles. The summed E-state index contributed by atoms with van der Waals surface area (Å²) >= 11 is 8.79. The Hall–Kier alpha value is -2.45. The quantitative estimate of drug-likeness (QED) is 0.454. The van der Waals surface area contributed by atoms with Crippen molar-refractivity contribution in [2.45, 2.75) is 6.92 Å². The molecule has 0 unspecified atom stereocenters. The monoisotopic (exact) mass is 432 g/mol. The summed E-state index contributed by atoms with van der Waals surface area (Å²) in [6.45, 7) is 2.50. The summed E-state index contributed by atoms with van der Waals surface area (Å²) < 4.78 is 13.7. The standard InChI is InChI=1S/C18H17BrN4O2S/c1-3-25-15-7-5-4-6-13(15)17-21-22-18(26)23(17)20-11-12-8-9-16(24-2)14(19)10-12/h4-11H,3H2,1-2H3,(H,22,26)/b20-11-. The summed E-state index contributed by atoms with van der Waals surface area (Å²) in [4.78, 5) is 0. The van der Waals surface area contributed by atoms with E-state index >= 15 is 0 Å². The van der Waals surface area contributed by atoms with Crippen molar-refractivity contribution in [1.82, 2.24) is 14.9 Å². The van der Waals surface area contributed by atoms with Gasteiger partial charge in [0.05, 0.1) is 30.0 Å². The van der Waals surface area contributed by atoms with Gasteiger partial charge in [-0.2, -0.15) is 14.9 Å². The molecule has 0 atom stereocenters. The number of methoxy groups -OCH3 is 1. The molecule has 0 radical (unpaired) electrons. The number of para-hydroxylation sites is 1. The number of nitrogens with zero attached hydrogens (tertiary/aromatic N) is 3. The van der Waals surface area contributed by atoms with Crippen molar-refractivity contribution in [1.29, 1.82) is 0 Å². The lowest BCUT2D eigenvalue weighted by Crippen LogP contribution is -1.99. The lowest BCUT2D eigenvalue weighted by atomic mass is 10.2. The van der Waals surface area contributed by atoms with Crippen molar-refractivity contribution in [3.8, 4) is 22.9 Å². The van der Waals surface area contributed by atoms with Crippen molar-refractivity contribution in [2.75, 3.05) is 13.7 Å². The zero-order valence-electron chi connectivity index (χ0n) is 14.3. The largest absolute Gasteiger partial charge is 0.496 e. The van der Waals surface area contributed by atoms with Crippen LogP contribution in [0.1, 0.15) is 12.5 Å². The number of hydrogen-bond donors (Lipinski definition) is 1. The first-order valence-electron chi connectivity index (χ1n) is 7.91. The third kappa shape index (κ3) is 3.86. The van der Waals surface area contributed by atoms with Gasteiger partial charge in [0.15, 0.2) is 5.82 Å². The number of hydrogen-bond acceptors (Lipinski definition) is 5. The SMILES string of the molecule is CCOc1ccccc1-c1n[nH]c(=S)n1/N=C\c1ccc(OC)c(Br)c1. The lowest BCUT2D eigenvalue weighted by molar-refractivity contribution is 0.341. The molecule has 0 aliphatic rings. The first-order chi connectivity index (χ1) is 12.6. The van der Waals surface area contributed by atoms with Gasteiger partial charge in [-0.25, -0.2) is 5.10 Å². The van der Waals surface area contributed by atoms with Crippen LogP contribution in [0.5, 0.6) is 11.5 Å². The second kappa shape index (κ2) is 8.29. The average Bonchev–Trinajstić information content (AvgIpc) is 3.01. The van der Waals surface area contributed by atoms with Crippen LogP contribution in [-0.2, 0) is 0 Å². The van der Waals surface area contributed by atoms with Gasteiger partial charge in [-0.05, 0) is 71.0 Å². The van der Waals surface area contributed by atoms with E-state index in [4.69, 9.17) is 21.7 Å². The van der Waals surface area contributed by atoms with Crippen LogP contribution in [0.3, 0.4) is 0 Å². The summed E-state index contributed by atoms with van der Waals surface area (Å²) in [5.74, 6) is 2.07.